The van der Waals surface area contributed by atoms with Gasteiger partial charge in [-0.25, -0.2) is 4.98 Å². The van der Waals surface area contributed by atoms with Gasteiger partial charge in [0.15, 0.2) is 0 Å². The molecule has 0 spiro atoms. The number of anilines is 3. The Kier molecular flexibility index (Phi) is 6.39. The minimum Gasteiger partial charge on any atom is -0.495 e. The maximum Gasteiger partial charge on any atom is 0.225 e. The Bertz CT molecular complexity index is 902. The number of nitrogens with one attached hydrogen (secondary N) is 2. The molecule has 3 N–H and O–H groups in total. The SMILES string of the molecule is COc1ccccc1Nc1cc(-c2ccccn2)nc(N[C@H](CO)C(C)C)n1. The smallest absolute Gasteiger partial charge is 0.225 e. The molecule has 7 heteroatoms. The molecule has 0 aliphatic carbocycles. The first-order valence-corrected chi connectivity index (χ1v) is 9.18. The third-order valence-corrected chi connectivity index (χ3v) is 4.34. The molecule has 0 amide bonds. The number of rotatable bonds is 8. The van der Waals surface area contributed by atoms with Gasteiger partial charge in [-0.05, 0) is 30.2 Å². The van der Waals surface area contributed by atoms with Crippen molar-refractivity contribution in [3.8, 4) is 17.1 Å². The first-order chi connectivity index (χ1) is 13.6. The third-order valence-electron chi connectivity index (χ3n) is 4.34. The molecule has 28 heavy (non-hydrogen) atoms. The highest BCUT2D eigenvalue weighted by atomic mass is 16.5. The van der Waals surface area contributed by atoms with Gasteiger partial charge in [0.05, 0.1) is 36.8 Å². The second kappa shape index (κ2) is 9.14. The molecule has 1 aromatic carbocycles. The van der Waals surface area contributed by atoms with Gasteiger partial charge < -0.3 is 20.5 Å². The quantitative estimate of drug-likeness (QED) is 0.549. The maximum absolute atomic E-state index is 9.65. The number of nitrogens with zero attached hydrogens (tertiary/aromatic N) is 3. The summed E-state index contributed by atoms with van der Waals surface area (Å²) in [6.45, 7) is 4.05. The van der Waals surface area contributed by atoms with Gasteiger partial charge in [-0.15, -0.1) is 0 Å². The number of hydrogen-bond acceptors (Lipinski definition) is 7. The molecule has 0 radical (unpaired) electrons. The first-order valence-electron chi connectivity index (χ1n) is 9.18. The highest BCUT2D eigenvalue weighted by Gasteiger charge is 2.16. The highest BCUT2D eigenvalue weighted by molar-refractivity contribution is 5.68. The van der Waals surface area contributed by atoms with Crippen LogP contribution in [-0.2, 0) is 0 Å². The normalized spacial score (nSPS) is 11.9. The van der Waals surface area contributed by atoms with Crippen LogP contribution in [0.3, 0.4) is 0 Å². The van der Waals surface area contributed by atoms with Crippen molar-refractivity contribution in [2.24, 2.45) is 5.92 Å². The molecule has 146 valence electrons. The lowest BCUT2D eigenvalue weighted by molar-refractivity contribution is 0.248. The molecule has 0 aliphatic heterocycles. The van der Waals surface area contributed by atoms with Crippen LogP contribution in [0.15, 0.2) is 54.7 Å². The standard InChI is InChI=1S/C21H25N5O2/c1-14(2)18(13-27)25-21-24-17(15-8-6-7-11-22-15)12-20(26-21)23-16-9-4-5-10-19(16)28-3/h4-12,14,18,27H,13H2,1-3H3,(H2,23,24,25,26)/t18-/m1/s1. The van der Waals surface area contributed by atoms with Gasteiger partial charge in [-0.1, -0.05) is 32.0 Å². The van der Waals surface area contributed by atoms with E-state index in [-0.39, 0.29) is 18.6 Å². The predicted molar refractivity (Wildman–Crippen MR) is 111 cm³/mol. The van der Waals surface area contributed by atoms with Crippen molar-refractivity contribution in [1.29, 1.82) is 0 Å². The predicted octanol–water partition coefficient (Wildman–Crippen LogP) is 3.72. The van der Waals surface area contributed by atoms with Crippen LogP contribution in [-0.4, -0.2) is 39.8 Å². The highest BCUT2D eigenvalue weighted by Crippen LogP contribution is 2.28. The average molecular weight is 379 g/mol. The van der Waals surface area contributed by atoms with E-state index in [1.54, 1.807) is 13.3 Å². The Hall–Kier alpha value is -3.19. The van der Waals surface area contributed by atoms with Crippen LogP contribution in [0, 0.1) is 5.92 Å². The average Bonchev–Trinajstić information content (AvgIpc) is 2.72. The molecule has 0 saturated heterocycles. The van der Waals surface area contributed by atoms with Crippen molar-refractivity contribution < 1.29 is 9.84 Å². The van der Waals surface area contributed by atoms with E-state index in [2.05, 4.69) is 25.6 Å². The summed E-state index contributed by atoms with van der Waals surface area (Å²) >= 11 is 0. The van der Waals surface area contributed by atoms with Crippen LogP contribution in [0.4, 0.5) is 17.5 Å². The first kappa shape index (κ1) is 19.6. The lowest BCUT2D eigenvalue weighted by Crippen LogP contribution is -2.30. The summed E-state index contributed by atoms with van der Waals surface area (Å²) in [4.78, 5) is 13.5. The Labute approximate surface area is 164 Å². The van der Waals surface area contributed by atoms with Gasteiger partial charge in [0.25, 0.3) is 0 Å². The monoisotopic (exact) mass is 379 g/mol. The number of para-hydroxylation sites is 2. The zero-order chi connectivity index (χ0) is 19.9. The van der Waals surface area contributed by atoms with Gasteiger partial charge in [-0.3, -0.25) is 4.98 Å². The summed E-state index contributed by atoms with van der Waals surface area (Å²) in [5.41, 5.74) is 2.21. The summed E-state index contributed by atoms with van der Waals surface area (Å²) in [6, 6.07) is 15.0. The van der Waals surface area contributed by atoms with E-state index in [0.717, 1.165) is 11.4 Å². The van der Waals surface area contributed by atoms with Crippen LogP contribution in [0.25, 0.3) is 11.4 Å². The minimum atomic E-state index is -0.155. The van der Waals surface area contributed by atoms with Crippen molar-refractivity contribution in [3.05, 3.63) is 54.7 Å². The molecular formula is C21H25N5O2. The number of aromatic nitrogens is 3. The molecule has 2 heterocycles. The number of benzene rings is 1. The van der Waals surface area contributed by atoms with Crippen molar-refractivity contribution in [2.75, 3.05) is 24.4 Å². The fourth-order valence-electron chi connectivity index (χ4n) is 2.70. The Morgan fingerprint density at radius 1 is 1.04 bits per heavy atom. The second-order valence-corrected chi connectivity index (χ2v) is 6.68. The zero-order valence-corrected chi connectivity index (χ0v) is 16.3. The van der Waals surface area contributed by atoms with E-state index in [4.69, 9.17) is 4.74 Å². The van der Waals surface area contributed by atoms with E-state index in [9.17, 15) is 5.11 Å². The topological polar surface area (TPSA) is 92.2 Å². The van der Waals surface area contributed by atoms with Gasteiger partial charge in [0.1, 0.15) is 11.6 Å². The van der Waals surface area contributed by atoms with Crippen LogP contribution in [0.5, 0.6) is 5.75 Å². The lowest BCUT2D eigenvalue weighted by Gasteiger charge is -2.20. The molecule has 0 bridgehead atoms. The van der Waals surface area contributed by atoms with Crippen molar-refractivity contribution in [2.45, 2.75) is 19.9 Å². The number of aliphatic hydroxyl groups is 1. The molecule has 1 atom stereocenters. The second-order valence-electron chi connectivity index (χ2n) is 6.68. The Morgan fingerprint density at radius 3 is 2.50 bits per heavy atom. The molecule has 7 nitrogen and oxygen atoms in total. The minimum absolute atomic E-state index is 0.00981. The summed E-state index contributed by atoms with van der Waals surface area (Å²) in [6.07, 6.45) is 1.72. The van der Waals surface area contributed by atoms with Crippen LogP contribution >= 0.6 is 0 Å². The van der Waals surface area contributed by atoms with Crippen LogP contribution < -0.4 is 15.4 Å². The zero-order valence-electron chi connectivity index (χ0n) is 16.3. The van der Waals surface area contributed by atoms with Gasteiger partial charge >= 0.3 is 0 Å². The van der Waals surface area contributed by atoms with E-state index in [1.165, 1.54) is 0 Å². The third kappa shape index (κ3) is 4.75. The van der Waals surface area contributed by atoms with E-state index < -0.39 is 0 Å². The van der Waals surface area contributed by atoms with Crippen molar-refractivity contribution in [1.82, 2.24) is 15.0 Å². The van der Waals surface area contributed by atoms with E-state index >= 15 is 0 Å². The van der Waals surface area contributed by atoms with Gasteiger partial charge in [0.2, 0.25) is 5.95 Å². The molecule has 0 saturated carbocycles. The number of ether oxygens (including phenoxy) is 1. The Balaban J connectivity index is 1.99. The molecular weight excluding hydrogens is 354 g/mol. The summed E-state index contributed by atoms with van der Waals surface area (Å²) in [5.74, 6) is 1.96. The summed E-state index contributed by atoms with van der Waals surface area (Å²) in [7, 11) is 1.63. The number of methoxy groups -OCH3 is 1. The molecule has 3 aromatic rings. The van der Waals surface area contributed by atoms with E-state index in [0.29, 0.717) is 23.2 Å². The fraction of sp³-hybridized carbons (Fsp3) is 0.286. The summed E-state index contributed by atoms with van der Waals surface area (Å²) in [5, 5.41) is 16.2. The number of pyridine rings is 1. The van der Waals surface area contributed by atoms with Crippen molar-refractivity contribution >= 4 is 17.5 Å². The van der Waals surface area contributed by atoms with Crippen LogP contribution in [0.1, 0.15) is 13.8 Å². The Morgan fingerprint density at radius 2 is 1.82 bits per heavy atom. The van der Waals surface area contributed by atoms with Gasteiger partial charge in [0, 0.05) is 12.3 Å². The largest absolute Gasteiger partial charge is 0.495 e. The van der Waals surface area contributed by atoms with Crippen LogP contribution in [0.2, 0.25) is 0 Å². The van der Waals surface area contributed by atoms with Gasteiger partial charge in [-0.2, -0.15) is 4.98 Å². The number of aliphatic hydroxyl groups excluding tert-OH is 1. The molecule has 0 fully saturated rings. The lowest BCUT2D eigenvalue weighted by atomic mass is 10.1. The molecule has 0 unspecified atom stereocenters. The maximum atomic E-state index is 9.65. The molecule has 3 rings (SSSR count). The van der Waals surface area contributed by atoms with E-state index in [1.807, 2.05) is 62.4 Å². The summed E-state index contributed by atoms with van der Waals surface area (Å²) < 4.78 is 5.41. The number of hydrogen-bond donors (Lipinski definition) is 3. The molecule has 0 aliphatic rings. The molecule has 2 aromatic heterocycles. The van der Waals surface area contributed by atoms with Crippen molar-refractivity contribution in [3.63, 3.8) is 0 Å². The fourth-order valence-corrected chi connectivity index (χ4v) is 2.70.